The summed E-state index contributed by atoms with van der Waals surface area (Å²) in [5, 5.41) is 0. The normalized spacial score (nSPS) is 14.4. The van der Waals surface area contributed by atoms with E-state index < -0.39 is 12.0 Å². The molecule has 1 aliphatic rings. The molecule has 252 valence electrons. The number of thiazole rings is 1. The predicted octanol–water partition coefficient (Wildman–Crippen LogP) is 6.32. The van der Waals surface area contributed by atoms with Crippen molar-refractivity contribution in [3.63, 3.8) is 0 Å². The van der Waals surface area contributed by atoms with Crippen LogP contribution in [0, 0.1) is 9.39 Å². The van der Waals surface area contributed by atoms with E-state index in [9.17, 15) is 14.0 Å². The van der Waals surface area contributed by atoms with Crippen LogP contribution in [-0.2, 0) is 16.1 Å². The predicted molar refractivity (Wildman–Crippen MR) is 190 cm³/mol. The van der Waals surface area contributed by atoms with Crippen molar-refractivity contribution in [2.75, 3.05) is 20.3 Å². The molecule has 5 rings (SSSR count). The Morgan fingerprint density at radius 3 is 2.52 bits per heavy atom. The molecule has 0 spiro atoms. The molecule has 0 fully saturated rings. The van der Waals surface area contributed by atoms with Crippen molar-refractivity contribution in [3.05, 3.63) is 112 Å². The van der Waals surface area contributed by atoms with Crippen LogP contribution >= 0.6 is 33.9 Å². The Morgan fingerprint density at radius 2 is 1.83 bits per heavy atom. The van der Waals surface area contributed by atoms with Gasteiger partial charge in [0.2, 0.25) is 0 Å². The van der Waals surface area contributed by atoms with Crippen molar-refractivity contribution >= 4 is 46.0 Å². The number of methoxy groups -OCH3 is 1. The second-order valence-corrected chi connectivity index (χ2v) is 13.2. The molecule has 0 unspecified atom stereocenters. The first-order valence-electron chi connectivity index (χ1n) is 15.4. The highest BCUT2D eigenvalue weighted by Gasteiger charge is 2.34. The topological polar surface area (TPSA) is 97.6 Å². The third-order valence-electron chi connectivity index (χ3n) is 7.34. The Labute approximate surface area is 295 Å². The molecule has 4 aromatic rings. The van der Waals surface area contributed by atoms with Crippen LogP contribution in [0.25, 0.3) is 6.08 Å². The van der Waals surface area contributed by atoms with Gasteiger partial charge in [0, 0.05) is 5.56 Å². The van der Waals surface area contributed by atoms with Gasteiger partial charge < -0.3 is 23.7 Å². The van der Waals surface area contributed by atoms with Gasteiger partial charge in [-0.05, 0) is 105 Å². The van der Waals surface area contributed by atoms with Crippen LogP contribution in [-0.4, -0.2) is 37.0 Å². The Morgan fingerprint density at radius 1 is 1.06 bits per heavy atom. The molecule has 0 radical (unpaired) electrons. The average molecular weight is 787 g/mol. The van der Waals surface area contributed by atoms with E-state index in [1.165, 1.54) is 22.0 Å². The van der Waals surface area contributed by atoms with Gasteiger partial charge in [-0.15, -0.1) is 0 Å². The molecule has 12 heteroatoms. The van der Waals surface area contributed by atoms with Crippen LogP contribution in [0.3, 0.4) is 0 Å². The second-order valence-electron chi connectivity index (χ2n) is 11.0. The zero-order valence-electron chi connectivity index (χ0n) is 27.5. The minimum atomic E-state index is -0.822. The summed E-state index contributed by atoms with van der Waals surface area (Å²) in [5.74, 6) is 1.05. The third-order valence-corrected chi connectivity index (χ3v) is 9.13. The summed E-state index contributed by atoms with van der Waals surface area (Å²) >= 11 is 3.36. The first kappa shape index (κ1) is 35.1. The molecule has 2 heterocycles. The number of allylic oxidation sites excluding steroid dienone is 1. The number of halogens is 2. The zero-order chi connectivity index (χ0) is 34.5. The van der Waals surface area contributed by atoms with E-state index in [1.54, 1.807) is 63.4 Å². The summed E-state index contributed by atoms with van der Waals surface area (Å²) in [4.78, 5) is 32.7. The van der Waals surface area contributed by atoms with Crippen molar-refractivity contribution in [2.45, 2.75) is 53.4 Å². The molecule has 9 nitrogen and oxygen atoms in total. The molecule has 3 aromatic carbocycles. The molecule has 48 heavy (non-hydrogen) atoms. The van der Waals surface area contributed by atoms with Gasteiger partial charge in [0.25, 0.3) is 5.56 Å². The molecule has 0 amide bonds. The lowest BCUT2D eigenvalue weighted by atomic mass is 9.95. The molecule has 0 saturated heterocycles. The van der Waals surface area contributed by atoms with E-state index in [4.69, 9.17) is 23.7 Å². The lowest BCUT2D eigenvalue weighted by molar-refractivity contribution is -0.139. The summed E-state index contributed by atoms with van der Waals surface area (Å²) in [6.07, 6.45) is 1.67. The smallest absolute Gasteiger partial charge is 0.338 e. The Kier molecular flexibility index (Phi) is 11.3. The fraction of sp³-hybridized carbons (Fsp3) is 0.306. The van der Waals surface area contributed by atoms with Gasteiger partial charge in [-0.1, -0.05) is 35.6 Å². The monoisotopic (exact) mass is 786 g/mol. The molecular weight excluding hydrogens is 750 g/mol. The molecule has 0 saturated carbocycles. The average Bonchev–Trinajstić information content (AvgIpc) is 3.34. The van der Waals surface area contributed by atoms with Crippen LogP contribution in [0.5, 0.6) is 23.0 Å². The van der Waals surface area contributed by atoms with Crippen LogP contribution < -0.4 is 33.8 Å². The highest BCUT2D eigenvalue weighted by atomic mass is 127. The van der Waals surface area contributed by atoms with Gasteiger partial charge in [0.15, 0.2) is 27.8 Å². The Balaban J connectivity index is 1.61. The number of aromatic nitrogens is 1. The molecule has 1 aliphatic heterocycles. The molecular formula is C36H36FIN2O7S. The first-order chi connectivity index (χ1) is 23.1. The van der Waals surface area contributed by atoms with Gasteiger partial charge in [-0.3, -0.25) is 9.36 Å². The Bertz CT molecular complexity index is 2050. The van der Waals surface area contributed by atoms with Crippen molar-refractivity contribution < 1.29 is 32.9 Å². The van der Waals surface area contributed by atoms with Crippen molar-refractivity contribution in [2.24, 2.45) is 4.99 Å². The maximum atomic E-state index is 14.3. The van der Waals surface area contributed by atoms with Crippen LogP contribution in [0.4, 0.5) is 4.39 Å². The number of carbonyl (C=O) groups is 1. The third kappa shape index (κ3) is 7.44. The SMILES string of the molecule is CCOC(=O)C1=C(C)N=c2s/c(=C\c3cc(I)c(OCc4ccccc4F)c(OCC)c3)c(=O)n2[C@@H]1c1ccc(OC(C)C)c(OC)c1. The fourth-order valence-corrected chi connectivity index (χ4v) is 7.13. The molecule has 1 aromatic heterocycles. The lowest BCUT2D eigenvalue weighted by Crippen LogP contribution is -2.40. The van der Waals surface area contributed by atoms with Crippen molar-refractivity contribution in [3.8, 4) is 23.0 Å². The molecule has 1 atom stereocenters. The van der Waals surface area contributed by atoms with Crippen molar-refractivity contribution in [1.82, 2.24) is 4.57 Å². The lowest BCUT2D eigenvalue weighted by Gasteiger charge is -2.25. The van der Waals surface area contributed by atoms with E-state index in [1.807, 2.05) is 32.9 Å². The maximum Gasteiger partial charge on any atom is 0.338 e. The number of rotatable bonds is 12. The minimum absolute atomic E-state index is 0.0260. The van der Waals surface area contributed by atoms with E-state index in [-0.39, 0.29) is 36.3 Å². The molecule has 0 aliphatic carbocycles. The minimum Gasteiger partial charge on any atom is -0.493 e. The molecule has 0 N–H and O–H groups in total. The number of nitrogens with zero attached hydrogens (tertiary/aromatic N) is 2. The van der Waals surface area contributed by atoms with Crippen LogP contribution in [0.2, 0.25) is 0 Å². The number of carbonyl (C=O) groups excluding carboxylic acids is 1. The summed E-state index contributed by atoms with van der Waals surface area (Å²) < 4.78 is 45.8. The van der Waals surface area contributed by atoms with Crippen LogP contribution in [0.1, 0.15) is 57.4 Å². The zero-order valence-corrected chi connectivity index (χ0v) is 30.4. The summed E-state index contributed by atoms with van der Waals surface area (Å²) in [6.45, 7) is 9.72. The number of hydrogen-bond donors (Lipinski definition) is 0. The molecule has 0 bridgehead atoms. The fourth-order valence-electron chi connectivity index (χ4n) is 5.30. The quantitative estimate of drug-likeness (QED) is 0.123. The maximum absolute atomic E-state index is 14.3. The van der Waals surface area contributed by atoms with E-state index in [0.29, 0.717) is 61.3 Å². The van der Waals surface area contributed by atoms with Gasteiger partial charge in [0.1, 0.15) is 12.4 Å². The Hall–Kier alpha value is -4.17. The second kappa shape index (κ2) is 15.4. The summed E-state index contributed by atoms with van der Waals surface area (Å²) in [7, 11) is 1.54. The van der Waals surface area contributed by atoms with E-state index in [0.717, 1.165) is 3.57 Å². The number of hydrogen-bond acceptors (Lipinski definition) is 9. The van der Waals surface area contributed by atoms with Gasteiger partial charge >= 0.3 is 5.97 Å². The number of esters is 1. The largest absolute Gasteiger partial charge is 0.493 e. The highest BCUT2D eigenvalue weighted by Crippen LogP contribution is 2.37. The van der Waals surface area contributed by atoms with E-state index >= 15 is 0 Å². The number of fused-ring (bicyclic) bond motifs is 1. The van der Waals surface area contributed by atoms with Crippen molar-refractivity contribution in [1.29, 1.82) is 0 Å². The highest BCUT2D eigenvalue weighted by molar-refractivity contribution is 14.1. The number of ether oxygens (including phenoxy) is 5. The summed E-state index contributed by atoms with van der Waals surface area (Å²) in [6, 6.07) is 14.6. The number of benzene rings is 3. The van der Waals surface area contributed by atoms with E-state index in [2.05, 4.69) is 27.6 Å². The first-order valence-corrected chi connectivity index (χ1v) is 17.3. The van der Waals surface area contributed by atoms with Gasteiger partial charge in [-0.25, -0.2) is 14.2 Å². The van der Waals surface area contributed by atoms with Gasteiger partial charge in [-0.2, -0.15) is 0 Å². The van der Waals surface area contributed by atoms with Crippen LogP contribution in [0.15, 0.2) is 75.7 Å². The standard InChI is InChI=1S/C36H36FIN2O7S/c1-7-44-29-16-22(15-26(38)33(29)46-19-24-11-9-10-12-25(24)37)17-30-34(41)40-32(23-13-14-27(47-20(3)4)28(18-23)43-6)31(35(42)45-8-2)21(5)39-36(40)48-30/h9-18,20,32H,7-8,19H2,1-6H3/b30-17-/t32-/m1/s1. The van der Waals surface area contributed by atoms with Gasteiger partial charge in [0.05, 0.1) is 51.8 Å². The summed E-state index contributed by atoms with van der Waals surface area (Å²) in [5.41, 5.74) is 2.15.